The maximum atomic E-state index is 12.0. The van der Waals surface area contributed by atoms with Gasteiger partial charge in [0.1, 0.15) is 0 Å². The number of methoxy groups -OCH3 is 1. The minimum absolute atomic E-state index is 0.193. The lowest BCUT2D eigenvalue weighted by molar-refractivity contribution is -0.131. The number of anilines is 2. The Morgan fingerprint density at radius 1 is 1.25 bits per heavy atom. The Kier molecular flexibility index (Phi) is 5.91. The summed E-state index contributed by atoms with van der Waals surface area (Å²) in [7, 11) is 1.25. The van der Waals surface area contributed by atoms with Gasteiger partial charge in [-0.25, -0.2) is 9.59 Å². The van der Waals surface area contributed by atoms with Crippen molar-refractivity contribution >= 4 is 29.2 Å². The van der Waals surface area contributed by atoms with E-state index in [1.807, 2.05) is 0 Å². The fraction of sp³-hybridized carbons (Fsp3) is 0.312. The van der Waals surface area contributed by atoms with Gasteiger partial charge in [0.2, 0.25) is 5.91 Å². The van der Waals surface area contributed by atoms with Crippen molar-refractivity contribution in [1.29, 1.82) is 0 Å². The third kappa shape index (κ3) is 4.56. The minimum atomic E-state index is -1.24. The third-order valence-corrected chi connectivity index (χ3v) is 3.42. The summed E-state index contributed by atoms with van der Waals surface area (Å²) >= 11 is 0. The van der Waals surface area contributed by atoms with Crippen molar-refractivity contribution in [3.8, 4) is 0 Å². The van der Waals surface area contributed by atoms with Crippen molar-refractivity contribution in [2.75, 3.05) is 43.6 Å². The summed E-state index contributed by atoms with van der Waals surface area (Å²) in [6.07, 6.45) is 1.59. The Hall–Kier alpha value is -2.87. The van der Waals surface area contributed by atoms with Gasteiger partial charge in [0.05, 0.1) is 31.6 Å². The normalized spacial score (nSPS) is 14.5. The highest BCUT2D eigenvalue weighted by molar-refractivity contribution is 6.06. The summed E-state index contributed by atoms with van der Waals surface area (Å²) in [4.78, 5) is 36.2. The first-order valence-electron chi connectivity index (χ1n) is 7.28. The summed E-state index contributed by atoms with van der Waals surface area (Å²) in [6, 6.07) is 4.99. The maximum absolute atomic E-state index is 12.0. The standard InChI is InChI=1S/C16H18N2O6/c1-23-16(22)12-10-11(18-6-8-24-9-7-18)2-3-13(12)17-14(19)4-5-15(20)21/h2-5,10H,6-9H2,1H3,(H,17,19)(H,20,21)/b5-4+. The summed E-state index contributed by atoms with van der Waals surface area (Å²) in [5.41, 5.74) is 1.26. The van der Waals surface area contributed by atoms with E-state index in [0.29, 0.717) is 26.3 Å². The molecule has 1 amide bonds. The van der Waals surface area contributed by atoms with Crippen LogP contribution in [0.4, 0.5) is 11.4 Å². The number of hydrogen-bond donors (Lipinski definition) is 2. The van der Waals surface area contributed by atoms with Crippen LogP contribution in [-0.4, -0.2) is 56.4 Å². The number of benzene rings is 1. The van der Waals surface area contributed by atoms with Crippen LogP contribution in [0.1, 0.15) is 10.4 Å². The first kappa shape index (κ1) is 17.5. The van der Waals surface area contributed by atoms with Gasteiger partial charge in [0.15, 0.2) is 0 Å². The number of carboxylic acid groups (broad SMARTS) is 1. The van der Waals surface area contributed by atoms with Gasteiger partial charge in [-0.1, -0.05) is 0 Å². The molecule has 2 rings (SSSR count). The van der Waals surface area contributed by atoms with Gasteiger partial charge >= 0.3 is 11.9 Å². The van der Waals surface area contributed by atoms with Crippen molar-refractivity contribution in [3.63, 3.8) is 0 Å². The van der Waals surface area contributed by atoms with E-state index < -0.39 is 17.8 Å². The lowest BCUT2D eigenvalue weighted by Gasteiger charge is -2.29. The van der Waals surface area contributed by atoms with E-state index in [1.165, 1.54) is 7.11 Å². The fourth-order valence-corrected chi connectivity index (χ4v) is 2.26. The molecule has 1 saturated heterocycles. The summed E-state index contributed by atoms with van der Waals surface area (Å²) in [6.45, 7) is 2.61. The molecule has 128 valence electrons. The van der Waals surface area contributed by atoms with Crippen LogP contribution in [0.5, 0.6) is 0 Å². The SMILES string of the molecule is COC(=O)c1cc(N2CCOCC2)ccc1NC(=O)/C=C/C(=O)O. The average molecular weight is 334 g/mol. The number of nitrogens with zero attached hydrogens (tertiary/aromatic N) is 1. The maximum Gasteiger partial charge on any atom is 0.340 e. The quantitative estimate of drug-likeness (QED) is 0.608. The number of esters is 1. The zero-order valence-corrected chi connectivity index (χ0v) is 13.2. The Morgan fingerprint density at radius 2 is 1.96 bits per heavy atom. The molecular formula is C16H18N2O6. The molecule has 8 nitrogen and oxygen atoms in total. The Morgan fingerprint density at radius 3 is 2.58 bits per heavy atom. The van der Waals surface area contributed by atoms with E-state index >= 15 is 0 Å². The van der Waals surface area contributed by atoms with Gasteiger partial charge in [0.25, 0.3) is 0 Å². The summed E-state index contributed by atoms with van der Waals surface area (Å²) in [5.74, 6) is -2.48. The molecule has 0 aromatic heterocycles. The number of hydrogen-bond acceptors (Lipinski definition) is 6. The van der Waals surface area contributed by atoms with Gasteiger partial charge in [-0.15, -0.1) is 0 Å². The van der Waals surface area contributed by atoms with E-state index in [9.17, 15) is 14.4 Å². The predicted octanol–water partition coefficient (Wildman–Crippen LogP) is 0.889. The number of rotatable bonds is 5. The molecule has 1 heterocycles. The van der Waals surface area contributed by atoms with E-state index in [1.54, 1.807) is 18.2 Å². The molecule has 0 bridgehead atoms. The third-order valence-electron chi connectivity index (χ3n) is 3.42. The smallest absolute Gasteiger partial charge is 0.340 e. The van der Waals surface area contributed by atoms with E-state index in [2.05, 4.69) is 10.2 Å². The van der Waals surface area contributed by atoms with Crippen molar-refractivity contribution < 1.29 is 29.0 Å². The predicted molar refractivity (Wildman–Crippen MR) is 86.2 cm³/mol. The molecule has 0 aliphatic carbocycles. The molecule has 1 fully saturated rings. The highest BCUT2D eigenvalue weighted by atomic mass is 16.5. The van der Waals surface area contributed by atoms with Gasteiger partial charge in [-0.05, 0) is 18.2 Å². The molecule has 1 aromatic rings. The van der Waals surface area contributed by atoms with E-state index in [4.69, 9.17) is 14.6 Å². The summed E-state index contributed by atoms with van der Waals surface area (Å²) in [5, 5.41) is 11.0. The second kappa shape index (κ2) is 8.11. The Balaban J connectivity index is 2.25. The van der Waals surface area contributed by atoms with Gasteiger partial charge in [-0.3, -0.25) is 4.79 Å². The van der Waals surface area contributed by atoms with Crippen LogP contribution in [0.15, 0.2) is 30.4 Å². The number of carbonyl (C=O) groups is 3. The molecule has 24 heavy (non-hydrogen) atoms. The largest absolute Gasteiger partial charge is 0.478 e. The van der Waals surface area contributed by atoms with Crippen molar-refractivity contribution in [2.24, 2.45) is 0 Å². The monoisotopic (exact) mass is 334 g/mol. The first-order chi connectivity index (χ1) is 11.5. The molecule has 0 atom stereocenters. The number of ether oxygens (including phenoxy) is 2. The van der Waals surface area contributed by atoms with Crippen LogP contribution in [0.25, 0.3) is 0 Å². The molecule has 1 aliphatic rings. The molecule has 8 heteroatoms. The number of carboxylic acids is 1. The highest BCUT2D eigenvalue weighted by Gasteiger charge is 2.18. The Labute approximate surface area is 138 Å². The molecule has 0 unspecified atom stereocenters. The molecule has 0 radical (unpaired) electrons. The van der Waals surface area contributed by atoms with E-state index in [0.717, 1.165) is 17.8 Å². The second-order valence-corrected chi connectivity index (χ2v) is 4.98. The average Bonchev–Trinajstić information content (AvgIpc) is 2.60. The van der Waals surface area contributed by atoms with Gasteiger partial charge in [-0.2, -0.15) is 0 Å². The zero-order valence-electron chi connectivity index (χ0n) is 13.2. The van der Waals surface area contributed by atoms with Crippen LogP contribution in [0.3, 0.4) is 0 Å². The van der Waals surface area contributed by atoms with Crippen LogP contribution < -0.4 is 10.2 Å². The number of carbonyl (C=O) groups excluding carboxylic acids is 2. The second-order valence-electron chi connectivity index (χ2n) is 4.98. The Bertz CT molecular complexity index is 665. The lowest BCUT2D eigenvalue weighted by atomic mass is 10.1. The lowest BCUT2D eigenvalue weighted by Crippen LogP contribution is -2.36. The van der Waals surface area contributed by atoms with Gasteiger partial charge in [0, 0.05) is 30.9 Å². The number of nitrogens with one attached hydrogen (secondary N) is 1. The molecule has 2 N–H and O–H groups in total. The van der Waals surface area contributed by atoms with E-state index in [-0.39, 0.29) is 11.3 Å². The first-order valence-corrected chi connectivity index (χ1v) is 7.28. The molecular weight excluding hydrogens is 316 g/mol. The fourth-order valence-electron chi connectivity index (χ4n) is 2.26. The molecule has 0 saturated carbocycles. The highest BCUT2D eigenvalue weighted by Crippen LogP contribution is 2.25. The molecule has 1 aromatic carbocycles. The van der Waals surface area contributed by atoms with Crippen LogP contribution in [0, 0.1) is 0 Å². The van der Waals surface area contributed by atoms with Gasteiger partial charge < -0.3 is 24.8 Å². The van der Waals surface area contributed by atoms with Crippen LogP contribution in [0.2, 0.25) is 0 Å². The number of amides is 1. The minimum Gasteiger partial charge on any atom is -0.478 e. The summed E-state index contributed by atoms with van der Waals surface area (Å²) < 4.78 is 10.1. The topological polar surface area (TPSA) is 105 Å². The van der Waals surface area contributed by atoms with Crippen LogP contribution in [-0.2, 0) is 19.1 Å². The molecule has 1 aliphatic heterocycles. The zero-order chi connectivity index (χ0) is 17.5. The number of morpholine rings is 1. The van der Waals surface area contributed by atoms with Crippen molar-refractivity contribution in [2.45, 2.75) is 0 Å². The molecule has 0 spiro atoms. The van der Waals surface area contributed by atoms with Crippen molar-refractivity contribution in [1.82, 2.24) is 0 Å². The van der Waals surface area contributed by atoms with Crippen LogP contribution >= 0.6 is 0 Å². The number of aliphatic carboxylic acids is 1. The van der Waals surface area contributed by atoms with Crippen molar-refractivity contribution in [3.05, 3.63) is 35.9 Å².